The van der Waals surface area contributed by atoms with Gasteiger partial charge in [-0.05, 0) is 18.6 Å². The molecule has 144 valence electrons. The molecule has 0 aliphatic carbocycles. The average Bonchev–Trinajstić information content (AvgIpc) is 2.92. The molecule has 0 saturated carbocycles. The van der Waals surface area contributed by atoms with Gasteiger partial charge in [0, 0.05) is 37.4 Å². The van der Waals surface area contributed by atoms with Gasteiger partial charge in [-0.2, -0.15) is 18.3 Å². The standard InChI is InChI=1S/C16H19ClF3N5.HI/c1-10(12-6-4-5-7-13(12)17)23-15(21-2)22-8-11-9-25(3)24-14(11)16(18,19)20;/h4-7,9-10H,8H2,1-3H3,(H2,21,22,23);1H. The highest BCUT2D eigenvalue weighted by Crippen LogP contribution is 2.30. The molecular formula is C16H20ClF3IN5. The van der Waals surface area contributed by atoms with E-state index in [4.69, 9.17) is 11.6 Å². The minimum Gasteiger partial charge on any atom is -0.352 e. The van der Waals surface area contributed by atoms with Crippen molar-refractivity contribution in [3.63, 3.8) is 0 Å². The van der Waals surface area contributed by atoms with Crippen LogP contribution >= 0.6 is 35.6 Å². The number of aryl methyl sites for hydroxylation is 1. The van der Waals surface area contributed by atoms with Crippen LogP contribution < -0.4 is 10.6 Å². The fourth-order valence-corrected chi connectivity index (χ4v) is 2.69. The lowest BCUT2D eigenvalue weighted by atomic mass is 10.1. The Balaban J connectivity index is 0.00000338. The maximum atomic E-state index is 13.0. The van der Waals surface area contributed by atoms with Crippen LogP contribution in [-0.4, -0.2) is 22.8 Å². The third-order valence-electron chi connectivity index (χ3n) is 3.57. The third-order valence-corrected chi connectivity index (χ3v) is 3.91. The normalized spacial score (nSPS) is 13.1. The summed E-state index contributed by atoms with van der Waals surface area (Å²) in [6.45, 7) is 1.83. The minimum atomic E-state index is -4.50. The lowest BCUT2D eigenvalue weighted by molar-refractivity contribution is -0.142. The summed E-state index contributed by atoms with van der Waals surface area (Å²) < 4.78 is 40.1. The van der Waals surface area contributed by atoms with Gasteiger partial charge in [0.05, 0.1) is 6.04 Å². The van der Waals surface area contributed by atoms with E-state index in [1.165, 1.54) is 13.2 Å². The highest BCUT2D eigenvalue weighted by Gasteiger charge is 2.36. The summed E-state index contributed by atoms with van der Waals surface area (Å²) in [5.41, 5.74) is 0.00456. The lowest BCUT2D eigenvalue weighted by Gasteiger charge is -2.19. The summed E-state index contributed by atoms with van der Waals surface area (Å²) in [6, 6.07) is 7.16. The second-order valence-corrected chi connectivity index (χ2v) is 5.89. The van der Waals surface area contributed by atoms with Crippen LogP contribution in [0.4, 0.5) is 13.2 Å². The number of benzene rings is 1. The Kier molecular flexibility index (Phi) is 8.19. The molecule has 0 radical (unpaired) electrons. The Morgan fingerprint density at radius 3 is 2.58 bits per heavy atom. The van der Waals surface area contributed by atoms with E-state index in [0.29, 0.717) is 11.0 Å². The maximum absolute atomic E-state index is 13.0. The van der Waals surface area contributed by atoms with Crippen LogP contribution in [-0.2, 0) is 19.8 Å². The number of hydrogen-bond donors (Lipinski definition) is 2. The van der Waals surface area contributed by atoms with Crippen LogP contribution in [0.1, 0.15) is 29.8 Å². The Labute approximate surface area is 172 Å². The summed E-state index contributed by atoms with van der Waals surface area (Å²) in [7, 11) is 2.99. The van der Waals surface area contributed by atoms with Gasteiger partial charge in [-0.25, -0.2) is 0 Å². The fraction of sp³-hybridized carbons (Fsp3) is 0.375. The van der Waals surface area contributed by atoms with Crippen LogP contribution in [0.5, 0.6) is 0 Å². The molecule has 2 aromatic rings. The molecule has 26 heavy (non-hydrogen) atoms. The first-order chi connectivity index (χ1) is 11.7. The molecule has 5 nitrogen and oxygen atoms in total. The lowest BCUT2D eigenvalue weighted by Crippen LogP contribution is -2.38. The first-order valence-corrected chi connectivity index (χ1v) is 7.91. The first-order valence-electron chi connectivity index (χ1n) is 7.53. The molecule has 1 aromatic heterocycles. The molecule has 0 saturated heterocycles. The zero-order valence-corrected chi connectivity index (χ0v) is 17.5. The molecule has 0 aliphatic heterocycles. The predicted molar refractivity (Wildman–Crippen MR) is 107 cm³/mol. The molecule has 0 bridgehead atoms. The number of nitrogens with one attached hydrogen (secondary N) is 2. The summed E-state index contributed by atoms with van der Waals surface area (Å²) in [4.78, 5) is 4.04. The van der Waals surface area contributed by atoms with Crippen molar-refractivity contribution in [2.24, 2.45) is 12.0 Å². The van der Waals surface area contributed by atoms with E-state index >= 15 is 0 Å². The molecule has 2 rings (SSSR count). The van der Waals surface area contributed by atoms with Gasteiger partial charge in [0.2, 0.25) is 0 Å². The highest BCUT2D eigenvalue weighted by molar-refractivity contribution is 14.0. The minimum absolute atomic E-state index is 0. The van der Waals surface area contributed by atoms with Crippen molar-refractivity contribution in [3.05, 3.63) is 52.3 Å². The molecule has 1 heterocycles. The van der Waals surface area contributed by atoms with Crippen LogP contribution in [0.15, 0.2) is 35.5 Å². The second-order valence-electron chi connectivity index (χ2n) is 5.49. The number of hydrogen-bond acceptors (Lipinski definition) is 2. The number of alkyl halides is 3. The quantitative estimate of drug-likeness (QED) is 0.376. The largest absolute Gasteiger partial charge is 0.435 e. The summed E-state index contributed by atoms with van der Waals surface area (Å²) >= 11 is 6.16. The summed E-state index contributed by atoms with van der Waals surface area (Å²) in [5, 5.41) is 10.1. The molecule has 0 fully saturated rings. The van der Waals surface area contributed by atoms with Gasteiger partial charge >= 0.3 is 6.18 Å². The Bertz CT molecular complexity index is 761. The number of rotatable bonds is 4. The Hall–Kier alpha value is -1.49. The van der Waals surface area contributed by atoms with Gasteiger partial charge in [0.1, 0.15) is 0 Å². The van der Waals surface area contributed by atoms with E-state index in [-0.39, 0.29) is 42.1 Å². The third kappa shape index (κ3) is 5.76. The van der Waals surface area contributed by atoms with Crippen molar-refractivity contribution in [2.75, 3.05) is 7.05 Å². The molecule has 2 N–H and O–H groups in total. The summed E-state index contributed by atoms with van der Waals surface area (Å²) in [6.07, 6.45) is -3.17. The van der Waals surface area contributed by atoms with Crippen molar-refractivity contribution in [1.82, 2.24) is 20.4 Å². The molecule has 1 atom stereocenters. The van der Waals surface area contributed by atoms with Crippen molar-refractivity contribution < 1.29 is 13.2 Å². The van der Waals surface area contributed by atoms with E-state index in [9.17, 15) is 13.2 Å². The molecule has 0 amide bonds. The van der Waals surface area contributed by atoms with Crippen LogP contribution in [0.25, 0.3) is 0 Å². The van der Waals surface area contributed by atoms with E-state index in [1.807, 2.05) is 25.1 Å². The van der Waals surface area contributed by atoms with Gasteiger partial charge < -0.3 is 10.6 Å². The maximum Gasteiger partial charge on any atom is 0.435 e. The SMILES string of the molecule is CN=C(NCc1cn(C)nc1C(F)(F)F)NC(C)c1ccccc1Cl.I. The van der Waals surface area contributed by atoms with Crippen molar-refractivity contribution in [3.8, 4) is 0 Å². The van der Waals surface area contributed by atoms with Crippen LogP contribution in [0.2, 0.25) is 5.02 Å². The van der Waals surface area contributed by atoms with Gasteiger partial charge in [0.25, 0.3) is 0 Å². The monoisotopic (exact) mass is 501 g/mol. The smallest absolute Gasteiger partial charge is 0.352 e. The number of aromatic nitrogens is 2. The molecule has 0 aliphatic rings. The molecule has 0 spiro atoms. The topological polar surface area (TPSA) is 54.2 Å². The number of nitrogens with zero attached hydrogens (tertiary/aromatic N) is 3. The fourth-order valence-electron chi connectivity index (χ4n) is 2.39. The first kappa shape index (κ1) is 22.6. The van der Waals surface area contributed by atoms with Crippen LogP contribution in [0.3, 0.4) is 0 Å². The van der Waals surface area contributed by atoms with Crippen molar-refractivity contribution in [1.29, 1.82) is 0 Å². The number of aliphatic imine (C=N–C) groups is 1. The van der Waals surface area contributed by atoms with E-state index in [1.54, 1.807) is 13.1 Å². The number of guanidine groups is 1. The Morgan fingerprint density at radius 1 is 1.35 bits per heavy atom. The van der Waals surface area contributed by atoms with Crippen LogP contribution in [0, 0.1) is 0 Å². The van der Waals surface area contributed by atoms with Gasteiger partial charge in [-0.15, -0.1) is 24.0 Å². The van der Waals surface area contributed by atoms with E-state index in [2.05, 4.69) is 20.7 Å². The zero-order chi connectivity index (χ0) is 18.6. The second kappa shape index (κ2) is 9.45. The zero-order valence-electron chi connectivity index (χ0n) is 14.4. The average molecular weight is 502 g/mol. The summed E-state index contributed by atoms with van der Waals surface area (Å²) in [5.74, 6) is 0.365. The van der Waals surface area contributed by atoms with Crippen molar-refractivity contribution in [2.45, 2.75) is 25.7 Å². The molecular weight excluding hydrogens is 482 g/mol. The van der Waals surface area contributed by atoms with Gasteiger partial charge in [-0.3, -0.25) is 9.67 Å². The van der Waals surface area contributed by atoms with E-state index < -0.39 is 11.9 Å². The van der Waals surface area contributed by atoms with Gasteiger partial charge in [-0.1, -0.05) is 29.8 Å². The van der Waals surface area contributed by atoms with Crippen molar-refractivity contribution >= 4 is 41.5 Å². The number of halogens is 5. The highest BCUT2D eigenvalue weighted by atomic mass is 127. The molecule has 10 heteroatoms. The predicted octanol–water partition coefficient (Wildman–Crippen LogP) is 4.14. The molecule has 1 aromatic carbocycles. The molecule has 1 unspecified atom stereocenters. The van der Waals surface area contributed by atoms with Gasteiger partial charge in [0.15, 0.2) is 11.7 Å². The Morgan fingerprint density at radius 2 is 2.00 bits per heavy atom. The van der Waals surface area contributed by atoms with E-state index in [0.717, 1.165) is 10.2 Å².